The van der Waals surface area contributed by atoms with Crippen molar-refractivity contribution in [3.63, 3.8) is 0 Å². The molecule has 0 radical (unpaired) electrons. The lowest BCUT2D eigenvalue weighted by Crippen LogP contribution is -2.39. The molecule has 0 saturated carbocycles. The molecule has 1 aromatic heterocycles. The Labute approximate surface area is 146 Å². The molecule has 0 aliphatic heterocycles. The Bertz CT molecular complexity index is 887. The predicted octanol–water partition coefficient (Wildman–Crippen LogP) is 3.16. The van der Waals surface area contributed by atoms with Crippen LogP contribution in [-0.2, 0) is 11.3 Å². The third kappa shape index (κ3) is 3.88. The highest BCUT2D eigenvalue weighted by Gasteiger charge is 2.19. The van der Waals surface area contributed by atoms with Crippen LogP contribution in [0.2, 0.25) is 0 Å². The highest BCUT2D eigenvalue weighted by molar-refractivity contribution is 5.94. The first kappa shape index (κ1) is 16.8. The lowest BCUT2D eigenvalue weighted by Gasteiger charge is -2.21. The molecule has 0 saturated heterocycles. The van der Waals surface area contributed by atoms with Gasteiger partial charge >= 0.3 is 0 Å². The van der Waals surface area contributed by atoms with Gasteiger partial charge in [-0.3, -0.25) is 9.59 Å². The molecule has 3 aromatic rings. The van der Waals surface area contributed by atoms with Gasteiger partial charge in [0.05, 0.1) is 12.8 Å². The number of furan rings is 1. The first-order valence-corrected chi connectivity index (χ1v) is 8.05. The highest BCUT2D eigenvalue weighted by atomic mass is 16.3. The minimum absolute atomic E-state index is 0.00359. The Balaban J connectivity index is 1.62. The second kappa shape index (κ2) is 7.21. The first-order valence-electron chi connectivity index (χ1n) is 8.05. The summed E-state index contributed by atoms with van der Waals surface area (Å²) >= 11 is 0. The Morgan fingerprint density at radius 3 is 2.40 bits per heavy atom. The molecule has 25 heavy (non-hydrogen) atoms. The fourth-order valence-electron chi connectivity index (χ4n) is 2.68. The van der Waals surface area contributed by atoms with Gasteiger partial charge in [-0.05, 0) is 34.5 Å². The number of carbonyl (C=O) groups is 2. The molecular weight excluding hydrogens is 316 g/mol. The number of benzene rings is 2. The Hall–Kier alpha value is -3.08. The zero-order valence-corrected chi connectivity index (χ0v) is 14.3. The van der Waals surface area contributed by atoms with Crippen LogP contribution < -0.4 is 0 Å². The van der Waals surface area contributed by atoms with E-state index in [9.17, 15) is 9.59 Å². The van der Waals surface area contributed by atoms with Crippen molar-refractivity contribution in [1.82, 2.24) is 9.80 Å². The Morgan fingerprint density at radius 2 is 1.68 bits per heavy atom. The van der Waals surface area contributed by atoms with Gasteiger partial charge in [-0.25, -0.2) is 0 Å². The lowest BCUT2D eigenvalue weighted by molar-refractivity contribution is -0.130. The number of rotatable bonds is 5. The number of nitrogens with zero attached hydrogens (tertiary/aromatic N) is 2. The summed E-state index contributed by atoms with van der Waals surface area (Å²) in [5.41, 5.74) is 1.05. The van der Waals surface area contributed by atoms with Crippen LogP contribution >= 0.6 is 0 Å². The summed E-state index contributed by atoms with van der Waals surface area (Å²) < 4.78 is 5.08. The second-order valence-corrected chi connectivity index (χ2v) is 6.07. The van der Waals surface area contributed by atoms with Gasteiger partial charge < -0.3 is 14.2 Å². The minimum atomic E-state index is -0.308. The molecule has 3 rings (SSSR count). The number of hydrogen-bond acceptors (Lipinski definition) is 3. The zero-order chi connectivity index (χ0) is 17.8. The predicted molar refractivity (Wildman–Crippen MR) is 96.1 cm³/mol. The summed E-state index contributed by atoms with van der Waals surface area (Å²) in [6, 6.07) is 17.5. The third-order valence-corrected chi connectivity index (χ3v) is 4.11. The van der Waals surface area contributed by atoms with Crippen LogP contribution in [-0.4, -0.2) is 42.3 Å². The molecule has 0 N–H and O–H groups in total. The average Bonchev–Trinajstić information content (AvgIpc) is 3.15. The monoisotopic (exact) mass is 336 g/mol. The van der Waals surface area contributed by atoms with Gasteiger partial charge in [0.25, 0.3) is 5.91 Å². The van der Waals surface area contributed by atoms with Crippen molar-refractivity contribution in [3.8, 4) is 0 Å². The van der Waals surface area contributed by atoms with Crippen LogP contribution in [0.3, 0.4) is 0 Å². The highest BCUT2D eigenvalue weighted by Crippen LogP contribution is 2.16. The van der Waals surface area contributed by atoms with Gasteiger partial charge in [0, 0.05) is 20.6 Å². The third-order valence-electron chi connectivity index (χ3n) is 4.11. The maximum atomic E-state index is 12.4. The van der Waals surface area contributed by atoms with Crippen LogP contribution in [0.4, 0.5) is 0 Å². The smallest absolute Gasteiger partial charge is 0.289 e. The van der Waals surface area contributed by atoms with E-state index < -0.39 is 0 Å². The van der Waals surface area contributed by atoms with E-state index in [0.717, 1.165) is 10.9 Å². The molecule has 5 heteroatoms. The van der Waals surface area contributed by atoms with Gasteiger partial charge in [-0.15, -0.1) is 0 Å². The average molecular weight is 336 g/mol. The van der Waals surface area contributed by atoms with E-state index in [0.29, 0.717) is 6.54 Å². The zero-order valence-electron chi connectivity index (χ0n) is 14.3. The number of hydrogen-bond donors (Lipinski definition) is 0. The Kier molecular flexibility index (Phi) is 4.84. The SMILES string of the molecule is CN(Cc1ccc2ccccc2c1)C(=O)CN(C)C(=O)c1ccco1. The van der Waals surface area contributed by atoms with E-state index in [2.05, 4.69) is 24.3 Å². The van der Waals surface area contributed by atoms with Crippen molar-refractivity contribution >= 4 is 22.6 Å². The van der Waals surface area contributed by atoms with E-state index in [-0.39, 0.29) is 24.1 Å². The van der Waals surface area contributed by atoms with Crippen LogP contribution in [0, 0.1) is 0 Å². The Morgan fingerprint density at radius 1 is 0.920 bits per heavy atom. The van der Waals surface area contributed by atoms with Crippen LogP contribution in [0.15, 0.2) is 65.3 Å². The van der Waals surface area contributed by atoms with E-state index in [1.165, 1.54) is 16.5 Å². The maximum Gasteiger partial charge on any atom is 0.289 e. The van der Waals surface area contributed by atoms with Crippen molar-refractivity contribution in [2.24, 2.45) is 0 Å². The number of fused-ring (bicyclic) bond motifs is 1. The van der Waals surface area contributed by atoms with Gasteiger partial charge in [0.1, 0.15) is 0 Å². The standard InChI is InChI=1S/C20H20N2O3/c1-21(13-15-9-10-16-6-3-4-7-17(16)12-15)19(23)14-22(2)20(24)18-8-5-11-25-18/h3-12H,13-14H2,1-2H3. The van der Waals surface area contributed by atoms with Crippen molar-refractivity contribution in [1.29, 1.82) is 0 Å². The largest absolute Gasteiger partial charge is 0.459 e. The van der Waals surface area contributed by atoms with E-state index in [1.54, 1.807) is 31.1 Å². The van der Waals surface area contributed by atoms with E-state index in [1.807, 2.05) is 18.2 Å². The number of likely N-dealkylation sites (N-methyl/N-ethyl adjacent to an activating group) is 2. The molecule has 2 aromatic carbocycles. The quantitative estimate of drug-likeness (QED) is 0.719. The molecule has 0 unspecified atom stereocenters. The molecule has 2 amide bonds. The molecular formula is C20H20N2O3. The van der Waals surface area contributed by atoms with Crippen LogP contribution in [0.1, 0.15) is 16.1 Å². The lowest BCUT2D eigenvalue weighted by atomic mass is 10.1. The van der Waals surface area contributed by atoms with Gasteiger partial charge in [0.2, 0.25) is 5.91 Å². The van der Waals surface area contributed by atoms with Crippen LogP contribution in [0.5, 0.6) is 0 Å². The summed E-state index contributed by atoms with van der Waals surface area (Å²) in [7, 11) is 3.33. The molecule has 0 atom stereocenters. The van der Waals surface area contributed by atoms with E-state index in [4.69, 9.17) is 4.42 Å². The van der Waals surface area contributed by atoms with Gasteiger partial charge in [-0.1, -0.05) is 36.4 Å². The van der Waals surface area contributed by atoms with Crippen molar-refractivity contribution in [2.45, 2.75) is 6.54 Å². The molecule has 5 nitrogen and oxygen atoms in total. The maximum absolute atomic E-state index is 12.4. The summed E-state index contributed by atoms with van der Waals surface area (Å²) in [4.78, 5) is 27.5. The normalized spacial score (nSPS) is 10.6. The molecule has 128 valence electrons. The summed E-state index contributed by atoms with van der Waals surface area (Å²) in [5.74, 6) is -0.208. The topological polar surface area (TPSA) is 53.8 Å². The molecule has 0 fully saturated rings. The fourth-order valence-corrected chi connectivity index (χ4v) is 2.68. The van der Waals surface area contributed by atoms with Crippen molar-refractivity contribution in [3.05, 3.63) is 72.2 Å². The summed E-state index contributed by atoms with van der Waals surface area (Å²) in [5, 5.41) is 2.31. The first-order chi connectivity index (χ1) is 12.0. The minimum Gasteiger partial charge on any atom is -0.459 e. The van der Waals surface area contributed by atoms with E-state index >= 15 is 0 Å². The number of carbonyl (C=O) groups excluding carboxylic acids is 2. The summed E-state index contributed by atoms with van der Waals surface area (Å²) in [6.07, 6.45) is 1.44. The molecule has 0 aliphatic carbocycles. The van der Waals surface area contributed by atoms with Crippen molar-refractivity contribution < 1.29 is 14.0 Å². The van der Waals surface area contributed by atoms with Gasteiger partial charge in [0.15, 0.2) is 5.76 Å². The fraction of sp³-hybridized carbons (Fsp3) is 0.200. The molecule has 0 aliphatic rings. The molecule has 0 spiro atoms. The van der Waals surface area contributed by atoms with Gasteiger partial charge in [-0.2, -0.15) is 0 Å². The second-order valence-electron chi connectivity index (χ2n) is 6.07. The number of amides is 2. The molecule has 0 bridgehead atoms. The van der Waals surface area contributed by atoms with Crippen LogP contribution in [0.25, 0.3) is 10.8 Å². The van der Waals surface area contributed by atoms with Crippen molar-refractivity contribution in [2.75, 3.05) is 20.6 Å². The summed E-state index contributed by atoms with van der Waals surface area (Å²) in [6.45, 7) is 0.496. The molecule has 1 heterocycles.